The fourth-order valence-corrected chi connectivity index (χ4v) is 2.83. The summed E-state index contributed by atoms with van der Waals surface area (Å²) >= 11 is 0. The lowest BCUT2D eigenvalue weighted by Gasteiger charge is -2.26. The van der Waals surface area contributed by atoms with E-state index >= 15 is 0 Å². The van der Waals surface area contributed by atoms with Crippen molar-refractivity contribution in [1.82, 2.24) is 20.8 Å². The molecule has 7 nitrogen and oxygen atoms in total. The third kappa shape index (κ3) is 10.3. The molecule has 1 aromatic heterocycles. The molecule has 8 heteroatoms. The van der Waals surface area contributed by atoms with Crippen LogP contribution in [0.5, 0.6) is 0 Å². The van der Waals surface area contributed by atoms with Gasteiger partial charge in [0.2, 0.25) is 5.89 Å². The summed E-state index contributed by atoms with van der Waals surface area (Å²) in [5.74, 6) is 2.46. The molecule has 3 N–H and O–H groups in total. The predicted octanol–water partition coefficient (Wildman–Crippen LogP) is 3.63. The molecule has 0 aliphatic heterocycles. The molecule has 27 heavy (non-hydrogen) atoms. The summed E-state index contributed by atoms with van der Waals surface area (Å²) in [4.78, 5) is 8.98. The van der Waals surface area contributed by atoms with Crippen LogP contribution < -0.4 is 10.6 Å². The van der Waals surface area contributed by atoms with Gasteiger partial charge in [0.1, 0.15) is 0 Å². The number of halogens is 1. The van der Waals surface area contributed by atoms with Gasteiger partial charge in [0.15, 0.2) is 11.8 Å². The molecule has 0 aromatic carbocycles. The Kier molecular flexibility index (Phi) is 13.7. The first-order chi connectivity index (χ1) is 12.4. The highest BCUT2D eigenvalue weighted by atomic mass is 127. The number of hydrogen-bond acceptors (Lipinski definition) is 5. The van der Waals surface area contributed by atoms with Crippen LogP contribution in [0.1, 0.15) is 84.4 Å². The normalized spacial score (nSPS) is 12.2. The van der Waals surface area contributed by atoms with Crippen LogP contribution in [0.15, 0.2) is 9.52 Å². The molecule has 0 spiro atoms. The van der Waals surface area contributed by atoms with Crippen LogP contribution >= 0.6 is 24.0 Å². The first-order valence-electron chi connectivity index (χ1n) is 10.0. The van der Waals surface area contributed by atoms with Crippen molar-refractivity contribution in [2.24, 2.45) is 4.99 Å². The molecular formula is C19H38IN5O2. The van der Waals surface area contributed by atoms with Crippen molar-refractivity contribution in [1.29, 1.82) is 0 Å². The van der Waals surface area contributed by atoms with Gasteiger partial charge >= 0.3 is 0 Å². The minimum atomic E-state index is -0.705. The number of nitrogens with zero attached hydrogens (tertiary/aromatic N) is 3. The molecule has 158 valence electrons. The van der Waals surface area contributed by atoms with E-state index < -0.39 is 5.60 Å². The Morgan fingerprint density at radius 3 is 2.37 bits per heavy atom. The van der Waals surface area contributed by atoms with Gasteiger partial charge in [-0.2, -0.15) is 4.98 Å². The summed E-state index contributed by atoms with van der Waals surface area (Å²) in [6.45, 7) is 12.3. The Morgan fingerprint density at radius 2 is 1.85 bits per heavy atom. The molecule has 0 amide bonds. The zero-order valence-corrected chi connectivity index (χ0v) is 19.9. The second-order valence-corrected chi connectivity index (χ2v) is 7.15. The summed E-state index contributed by atoms with van der Waals surface area (Å²) < 4.78 is 5.26. The van der Waals surface area contributed by atoms with Crippen molar-refractivity contribution in [2.75, 3.05) is 19.6 Å². The number of aromatic nitrogens is 2. The van der Waals surface area contributed by atoms with Crippen LogP contribution in [-0.4, -0.2) is 46.4 Å². The fourth-order valence-electron chi connectivity index (χ4n) is 2.83. The van der Waals surface area contributed by atoms with E-state index in [0.717, 1.165) is 63.4 Å². The Hall–Kier alpha value is -0.900. The van der Waals surface area contributed by atoms with Crippen molar-refractivity contribution in [3.05, 3.63) is 11.7 Å². The molecule has 1 heterocycles. The summed E-state index contributed by atoms with van der Waals surface area (Å²) in [5, 5.41) is 21.2. The highest BCUT2D eigenvalue weighted by Crippen LogP contribution is 2.19. The molecule has 0 atom stereocenters. The Morgan fingerprint density at radius 1 is 1.19 bits per heavy atom. The molecule has 1 rings (SSSR count). The van der Waals surface area contributed by atoms with E-state index in [-0.39, 0.29) is 29.9 Å². The number of guanidine groups is 1. The summed E-state index contributed by atoms with van der Waals surface area (Å²) in [5.41, 5.74) is -0.705. The maximum absolute atomic E-state index is 10.7. The quantitative estimate of drug-likeness (QED) is 0.177. The topological polar surface area (TPSA) is 95.6 Å². The number of aliphatic imine (C=N–C) groups is 1. The van der Waals surface area contributed by atoms with Crippen molar-refractivity contribution in [3.63, 3.8) is 0 Å². The first-order valence-corrected chi connectivity index (χ1v) is 10.0. The maximum atomic E-state index is 10.7. The molecule has 0 saturated heterocycles. The number of nitrogens with one attached hydrogen (secondary N) is 2. The van der Waals surface area contributed by atoms with Gasteiger partial charge in [0.25, 0.3) is 0 Å². The van der Waals surface area contributed by atoms with E-state index in [0.29, 0.717) is 12.4 Å². The van der Waals surface area contributed by atoms with E-state index in [9.17, 15) is 5.11 Å². The van der Waals surface area contributed by atoms with E-state index in [1.54, 1.807) is 0 Å². The highest BCUT2D eigenvalue weighted by Gasteiger charge is 2.24. The van der Waals surface area contributed by atoms with Crippen LogP contribution in [-0.2, 0) is 6.42 Å². The molecule has 1 aromatic rings. The highest BCUT2D eigenvalue weighted by molar-refractivity contribution is 14.0. The fraction of sp³-hybridized carbons (Fsp3) is 0.842. The third-order valence-electron chi connectivity index (χ3n) is 4.17. The van der Waals surface area contributed by atoms with Gasteiger partial charge in [-0.1, -0.05) is 45.7 Å². The van der Waals surface area contributed by atoms with E-state index in [4.69, 9.17) is 4.52 Å². The minimum Gasteiger partial charge on any atom is -0.388 e. The van der Waals surface area contributed by atoms with Gasteiger partial charge in [-0.25, -0.2) is 0 Å². The SMILES string of the molecule is CCCC(O)(CCC)CN=C(NCC)NCCCc1nc(C(C)C)no1.I. The summed E-state index contributed by atoms with van der Waals surface area (Å²) in [6, 6.07) is 0. The molecule has 0 aliphatic rings. The van der Waals surface area contributed by atoms with Crippen molar-refractivity contribution >= 4 is 29.9 Å². The minimum absolute atomic E-state index is 0. The average Bonchev–Trinajstić information content (AvgIpc) is 3.06. The maximum Gasteiger partial charge on any atom is 0.226 e. The number of hydrogen-bond donors (Lipinski definition) is 3. The lowest BCUT2D eigenvalue weighted by molar-refractivity contribution is 0.0306. The van der Waals surface area contributed by atoms with Crippen LogP contribution in [0.3, 0.4) is 0 Å². The average molecular weight is 495 g/mol. The number of aliphatic hydroxyl groups is 1. The van der Waals surface area contributed by atoms with Crippen molar-refractivity contribution < 1.29 is 9.63 Å². The molecular weight excluding hydrogens is 457 g/mol. The zero-order chi connectivity index (χ0) is 19.4. The van der Waals surface area contributed by atoms with E-state index in [2.05, 4.69) is 39.6 Å². The third-order valence-corrected chi connectivity index (χ3v) is 4.17. The Labute approximate surface area is 181 Å². The monoisotopic (exact) mass is 495 g/mol. The molecule has 0 aliphatic carbocycles. The second-order valence-electron chi connectivity index (χ2n) is 7.15. The van der Waals surface area contributed by atoms with Gasteiger partial charge in [0, 0.05) is 25.4 Å². The number of rotatable bonds is 12. The number of aryl methyl sites for hydroxylation is 1. The molecule has 0 unspecified atom stereocenters. The smallest absolute Gasteiger partial charge is 0.226 e. The van der Waals surface area contributed by atoms with Gasteiger partial charge in [-0.3, -0.25) is 4.99 Å². The Bertz CT molecular complexity index is 528. The van der Waals surface area contributed by atoms with E-state index in [1.165, 1.54) is 0 Å². The van der Waals surface area contributed by atoms with Gasteiger partial charge in [-0.15, -0.1) is 24.0 Å². The Balaban J connectivity index is 0.00000676. The molecule has 0 saturated carbocycles. The largest absolute Gasteiger partial charge is 0.388 e. The predicted molar refractivity (Wildman–Crippen MR) is 121 cm³/mol. The van der Waals surface area contributed by atoms with Gasteiger partial charge in [0.05, 0.1) is 12.1 Å². The lowest BCUT2D eigenvalue weighted by atomic mass is 9.93. The van der Waals surface area contributed by atoms with E-state index in [1.807, 2.05) is 20.8 Å². The van der Waals surface area contributed by atoms with Gasteiger partial charge in [-0.05, 0) is 26.2 Å². The van der Waals surface area contributed by atoms with Crippen LogP contribution in [0.25, 0.3) is 0 Å². The molecule has 0 fully saturated rings. The standard InChI is InChI=1S/C19H37N5O2.HI/c1-6-11-19(25,12-7-2)14-22-18(20-8-3)21-13-9-10-16-23-17(15(4)5)24-26-16;/h15,25H,6-14H2,1-5H3,(H2,20,21,22);1H. The second kappa shape index (κ2) is 14.1. The molecule has 0 radical (unpaired) electrons. The van der Waals surface area contributed by atoms with Crippen LogP contribution in [0.4, 0.5) is 0 Å². The van der Waals surface area contributed by atoms with Crippen LogP contribution in [0.2, 0.25) is 0 Å². The lowest BCUT2D eigenvalue weighted by Crippen LogP contribution is -2.40. The van der Waals surface area contributed by atoms with Crippen molar-refractivity contribution in [2.45, 2.75) is 84.7 Å². The van der Waals surface area contributed by atoms with Crippen molar-refractivity contribution in [3.8, 4) is 0 Å². The first kappa shape index (κ1) is 26.1. The van der Waals surface area contributed by atoms with Crippen LogP contribution in [0, 0.1) is 0 Å². The summed E-state index contributed by atoms with van der Waals surface area (Å²) in [7, 11) is 0. The molecule has 0 bridgehead atoms. The van der Waals surface area contributed by atoms with Gasteiger partial charge < -0.3 is 20.3 Å². The zero-order valence-electron chi connectivity index (χ0n) is 17.5. The summed E-state index contributed by atoms with van der Waals surface area (Å²) in [6.07, 6.45) is 5.08.